The van der Waals surface area contributed by atoms with Gasteiger partial charge in [0, 0.05) is 5.92 Å². The van der Waals surface area contributed by atoms with Crippen molar-refractivity contribution in [2.75, 3.05) is 26.4 Å². The monoisotopic (exact) mass is 334 g/mol. The first-order chi connectivity index (χ1) is 11.1. The molecule has 0 aromatic heterocycles. The Labute approximate surface area is 134 Å². The highest BCUT2D eigenvalue weighted by molar-refractivity contribution is 4.91. The quantitative estimate of drug-likeness (QED) is 0.858. The maximum absolute atomic E-state index is 12.3. The number of allylic oxidation sites excluding steroid dienone is 1. The third-order valence-corrected chi connectivity index (χ3v) is 4.80. The molecule has 0 spiro atoms. The van der Waals surface area contributed by atoms with Crippen LogP contribution in [0.15, 0.2) is 12.2 Å². The van der Waals surface area contributed by atoms with Crippen LogP contribution in [0.4, 0.5) is 8.78 Å². The van der Waals surface area contributed by atoms with E-state index >= 15 is 0 Å². The molecule has 1 aliphatic carbocycles. The maximum atomic E-state index is 12.3. The van der Waals surface area contributed by atoms with Crippen LogP contribution in [0.5, 0.6) is 0 Å². The molecule has 0 bridgehead atoms. The summed E-state index contributed by atoms with van der Waals surface area (Å²) in [5, 5.41) is 9.35. The molecule has 1 N–H and O–H groups in total. The molecule has 0 unspecified atom stereocenters. The molecule has 5 nitrogen and oxygen atoms in total. The molecule has 3 rings (SSSR count). The van der Waals surface area contributed by atoms with Crippen LogP contribution in [0, 0.1) is 17.8 Å². The van der Waals surface area contributed by atoms with E-state index in [0.717, 1.165) is 31.8 Å². The molecule has 0 radical (unpaired) electrons. The molecule has 1 saturated carbocycles. The fourth-order valence-corrected chi connectivity index (χ4v) is 3.50. The van der Waals surface area contributed by atoms with Gasteiger partial charge in [0.15, 0.2) is 12.6 Å². The van der Waals surface area contributed by atoms with Crippen molar-refractivity contribution in [1.82, 2.24) is 0 Å². The average molecular weight is 334 g/mol. The van der Waals surface area contributed by atoms with Crippen LogP contribution in [0.2, 0.25) is 0 Å². The van der Waals surface area contributed by atoms with Gasteiger partial charge in [-0.25, -0.2) is 0 Å². The molecule has 0 aromatic rings. The van der Waals surface area contributed by atoms with Gasteiger partial charge in [-0.1, -0.05) is 0 Å². The summed E-state index contributed by atoms with van der Waals surface area (Å²) in [6, 6.07) is 0. The van der Waals surface area contributed by atoms with Gasteiger partial charge in [-0.3, -0.25) is 0 Å². The largest absolute Gasteiger partial charge is 0.388 e. The minimum atomic E-state index is -1.58. The van der Waals surface area contributed by atoms with E-state index in [-0.39, 0.29) is 37.3 Å². The van der Waals surface area contributed by atoms with Gasteiger partial charge in [0.25, 0.3) is 6.08 Å². The van der Waals surface area contributed by atoms with Gasteiger partial charge in [0.2, 0.25) is 0 Å². The van der Waals surface area contributed by atoms with Crippen LogP contribution in [-0.4, -0.2) is 50.2 Å². The fourth-order valence-electron chi connectivity index (χ4n) is 3.50. The third-order valence-electron chi connectivity index (χ3n) is 4.80. The predicted molar refractivity (Wildman–Crippen MR) is 76.6 cm³/mol. The van der Waals surface area contributed by atoms with E-state index < -0.39 is 18.5 Å². The number of aliphatic hydroxyl groups excluding tert-OH is 1. The zero-order chi connectivity index (χ0) is 16.2. The first-order valence-electron chi connectivity index (χ1n) is 8.29. The van der Waals surface area contributed by atoms with Crippen molar-refractivity contribution in [2.45, 2.75) is 44.4 Å². The Morgan fingerprint density at radius 1 is 0.783 bits per heavy atom. The molecule has 0 aromatic carbocycles. The molecule has 0 amide bonds. The van der Waals surface area contributed by atoms with Crippen LogP contribution in [0.25, 0.3) is 0 Å². The second kappa shape index (κ2) is 7.98. The summed E-state index contributed by atoms with van der Waals surface area (Å²) in [7, 11) is 0. The smallest absolute Gasteiger partial charge is 0.266 e. The van der Waals surface area contributed by atoms with Crippen molar-refractivity contribution in [2.24, 2.45) is 17.8 Å². The normalized spacial score (nSPS) is 42.2. The Balaban J connectivity index is 1.40. The number of hydrogen-bond donors (Lipinski definition) is 1. The molecule has 7 heteroatoms. The van der Waals surface area contributed by atoms with Gasteiger partial charge < -0.3 is 24.1 Å². The summed E-state index contributed by atoms with van der Waals surface area (Å²) in [5.74, 6) is 0.236. The van der Waals surface area contributed by atoms with Gasteiger partial charge in [0.1, 0.15) is 6.10 Å². The predicted octanol–water partition coefficient (Wildman–Crippen LogP) is 2.30. The molecule has 2 aliphatic heterocycles. The third kappa shape index (κ3) is 4.70. The zero-order valence-corrected chi connectivity index (χ0v) is 13.0. The van der Waals surface area contributed by atoms with Crippen molar-refractivity contribution in [3.63, 3.8) is 0 Å². The van der Waals surface area contributed by atoms with E-state index in [1.807, 2.05) is 0 Å². The second-order valence-electron chi connectivity index (χ2n) is 6.62. The SMILES string of the molecule is OC1COC(C2COC(C3CCC(C=C(F)F)CC3)OC2)OC1. The van der Waals surface area contributed by atoms with E-state index in [0.29, 0.717) is 13.2 Å². The van der Waals surface area contributed by atoms with Gasteiger partial charge in [-0.05, 0) is 37.7 Å². The molecular weight excluding hydrogens is 310 g/mol. The Morgan fingerprint density at radius 3 is 1.87 bits per heavy atom. The van der Waals surface area contributed by atoms with Gasteiger partial charge in [0.05, 0.1) is 32.3 Å². The highest BCUT2D eigenvalue weighted by atomic mass is 19.3. The Hall–Kier alpha value is -0.600. The summed E-state index contributed by atoms with van der Waals surface area (Å²) < 4.78 is 47.1. The van der Waals surface area contributed by atoms with Crippen LogP contribution in [-0.2, 0) is 18.9 Å². The van der Waals surface area contributed by atoms with Crippen molar-refractivity contribution in [3.05, 3.63) is 12.2 Å². The molecule has 132 valence electrons. The van der Waals surface area contributed by atoms with E-state index in [4.69, 9.17) is 18.9 Å². The van der Waals surface area contributed by atoms with Crippen molar-refractivity contribution in [3.8, 4) is 0 Å². The number of rotatable bonds is 3. The topological polar surface area (TPSA) is 57.2 Å². The summed E-state index contributed by atoms with van der Waals surface area (Å²) in [6.45, 7) is 1.52. The van der Waals surface area contributed by atoms with E-state index in [9.17, 15) is 13.9 Å². The molecule has 2 heterocycles. The average Bonchev–Trinajstić information content (AvgIpc) is 2.56. The maximum Gasteiger partial charge on any atom is 0.266 e. The fraction of sp³-hybridized carbons (Fsp3) is 0.875. The van der Waals surface area contributed by atoms with Crippen LogP contribution < -0.4 is 0 Å². The lowest BCUT2D eigenvalue weighted by molar-refractivity contribution is -0.295. The van der Waals surface area contributed by atoms with Crippen molar-refractivity contribution < 1.29 is 32.8 Å². The highest BCUT2D eigenvalue weighted by Gasteiger charge is 2.36. The summed E-state index contributed by atoms with van der Waals surface area (Å²) >= 11 is 0. The van der Waals surface area contributed by atoms with E-state index in [1.54, 1.807) is 0 Å². The van der Waals surface area contributed by atoms with Gasteiger partial charge in [-0.15, -0.1) is 0 Å². The van der Waals surface area contributed by atoms with Crippen molar-refractivity contribution >= 4 is 0 Å². The summed E-state index contributed by atoms with van der Waals surface area (Å²) in [5.41, 5.74) is 0. The molecule has 23 heavy (non-hydrogen) atoms. The lowest BCUT2D eigenvalue weighted by atomic mass is 9.81. The molecular formula is C16H24F2O5. The van der Waals surface area contributed by atoms with Crippen LogP contribution >= 0.6 is 0 Å². The first kappa shape index (κ1) is 17.2. The number of hydrogen-bond acceptors (Lipinski definition) is 5. The van der Waals surface area contributed by atoms with Crippen LogP contribution in [0.3, 0.4) is 0 Å². The standard InChI is InChI=1S/C16H24F2O5/c17-14(18)5-10-1-3-11(4-2-10)15-20-6-12(7-21-15)16-22-8-13(19)9-23-16/h5,10-13,15-16,19H,1-4,6-9H2. The second-order valence-corrected chi connectivity index (χ2v) is 6.62. The first-order valence-corrected chi connectivity index (χ1v) is 8.29. The number of aliphatic hydroxyl groups is 1. The summed E-state index contributed by atoms with van der Waals surface area (Å²) in [4.78, 5) is 0. The van der Waals surface area contributed by atoms with Gasteiger partial charge >= 0.3 is 0 Å². The lowest BCUT2D eigenvalue weighted by Gasteiger charge is -2.40. The highest BCUT2D eigenvalue weighted by Crippen LogP contribution is 2.35. The van der Waals surface area contributed by atoms with E-state index in [2.05, 4.69) is 0 Å². The van der Waals surface area contributed by atoms with Crippen molar-refractivity contribution in [1.29, 1.82) is 0 Å². The molecule has 2 saturated heterocycles. The van der Waals surface area contributed by atoms with E-state index in [1.165, 1.54) is 0 Å². The number of halogens is 2. The molecule has 3 aliphatic rings. The summed E-state index contributed by atoms with van der Waals surface area (Å²) in [6.07, 6.45) is 1.44. The van der Waals surface area contributed by atoms with Crippen LogP contribution in [0.1, 0.15) is 25.7 Å². The molecule has 3 fully saturated rings. The Bertz CT molecular complexity index is 391. The number of ether oxygens (including phenoxy) is 4. The van der Waals surface area contributed by atoms with Gasteiger partial charge in [-0.2, -0.15) is 8.78 Å². The molecule has 0 atom stereocenters. The lowest BCUT2D eigenvalue weighted by Crippen LogP contribution is -2.47. The minimum absolute atomic E-state index is 0.00124. The minimum Gasteiger partial charge on any atom is -0.388 e. The Morgan fingerprint density at radius 2 is 1.30 bits per heavy atom. The Kier molecular flexibility index (Phi) is 5.98. The zero-order valence-electron chi connectivity index (χ0n) is 13.0.